The number of halogens is 1. The second-order valence-electron chi connectivity index (χ2n) is 4.68. The summed E-state index contributed by atoms with van der Waals surface area (Å²) in [6, 6.07) is 0. The van der Waals surface area contributed by atoms with Gasteiger partial charge in [-0.2, -0.15) is 0 Å². The number of alkyl halides is 1. The molecule has 1 heterocycles. The molecule has 102 valence electrons. The second kappa shape index (κ2) is 5.84. The third kappa shape index (κ3) is 2.80. The van der Waals surface area contributed by atoms with Gasteiger partial charge in [0, 0.05) is 14.1 Å². The first-order valence-corrected chi connectivity index (χ1v) is 5.87. The lowest BCUT2D eigenvalue weighted by molar-refractivity contribution is 0.173. The summed E-state index contributed by atoms with van der Waals surface area (Å²) in [5, 5.41) is 0. The summed E-state index contributed by atoms with van der Waals surface area (Å²) in [5.41, 5.74) is -0.579. The minimum absolute atomic E-state index is 0.0336. The highest BCUT2D eigenvalue weighted by Crippen LogP contribution is 2.16. The second-order valence-corrected chi connectivity index (χ2v) is 4.68. The highest BCUT2D eigenvalue weighted by atomic mass is 19.1. The number of ether oxygens (including phenoxy) is 1. The standard InChI is InChI=1S/C12H19FN2O3/c1-8(2)5-6-9-10(16)14(3)12(17)15(4)11(9)18-7-13/h8H,5-7H2,1-4H3. The number of hydrogen-bond donors (Lipinski definition) is 0. The summed E-state index contributed by atoms with van der Waals surface area (Å²) in [4.78, 5) is 23.7. The topological polar surface area (TPSA) is 53.2 Å². The maximum atomic E-state index is 12.4. The Bertz CT molecular complexity index is 531. The van der Waals surface area contributed by atoms with E-state index in [-0.39, 0.29) is 5.88 Å². The molecule has 0 atom stereocenters. The summed E-state index contributed by atoms with van der Waals surface area (Å²) >= 11 is 0. The van der Waals surface area contributed by atoms with Gasteiger partial charge < -0.3 is 4.74 Å². The average Bonchev–Trinajstić information content (AvgIpc) is 2.32. The van der Waals surface area contributed by atoms with Crippen molar-refractivity contribution in [3.05, 3.63) is 26.4 Å². The molecule has 1 aromatic rings. The number of hydrogen-bond acceptors (Lipinski definition) is 3. The van der Waals surface area contributed by atoms with Crippen LogP contribution >= 0.6 is 0 Å². The Morgan fingerprint density at radius 3 is 2.33 bits per heavy atom. The Kier molecular flexibility index (Phi) is 4.69. The third-order valence-corrected chi connectivity index (χ3v) is 2.86. The Morgan fingerprint density at radius 2 is 1.83 bits per heavy atom. The fourth-order valence-electron chi connectivity index (χ4n) is 1.78. The first-order chi connectivity index (χ1) is 8.40. The molecule has 0 aliphatic carbocycles. The molecule has 5 nitrogen and oxygen atoms in total. The van der Waals surface area contributed by atoms with Gasteiger partial charge >= 0.3 is 5.69 Å². The maximum Gasteiger partial charge on any atom is 0.333 e. The van der Waals surface area contributed by atoms with Gasteiger partial charge in [-0.25, -0.2) is 9.18 Å². The number of aromatic nitrogens is 2. The van der Waals surface area contributed by atoms with Crippen LogP contribution in [0.1, 0.15) is 25.8 Å². The fourth-order valence-corrected chi connectivity index (χ4v) is 1.78. The molecule has 0 bridgehead atoms. The normalized spacial score (nSPS) is 11.0. The van der Waals surface area contributed by atoms with Crippen molar-refractivity contribution < 1.29 is 9.13 Å². The molecule has 0 unspecified atom stereocenters. The van der Waals surface area contributed by atoms with Crippen LogP contribution in [0, 0.1) is 5.92 Å². The van der Waals surface area contributed by atoms with Crippen LogP contribution < -0.4 is 16.0 Å². The lowest BCUT2D eigenvalue weighted by atomic mass is 10.0. The van der Waals surface area contributed by atoms with Gasteiger partial charge in [0.25, 0.3) is 5.56 Å². The van der Waals surface area contributed by atoms with Crippen molar-refractivity contribution >= 4 is 0 Å². The van der Waals surface area contributed by atoms with Crippen molar-refractivity contribution in [2.24, 2.45) is 20.0 Å². The van der Waals surface area contributed by atoms with Crippen LogP contribution in [0.4, 0.5) is 4.39 Å². The lowest BCUT2D eigenvalue weighted by Crippen LogP contribution is -2.39. The molecule has 0 N–H and O–H groups in total. The smallest absolute Gasteiger partial charge is 0.333 e. The first kappa shape index (κ1) is 14.5. The quantitative estimate of drug-likeness (QED) is 0.791. The number of rotatable bonds is 5. The Labute approximate surface area is 105 Å². The van der Waals surface area contributed by atoms with Crippen LogP contribution in [0.5, 0.6) is 5.88 Å². The fraction of sp³-hybridized carbons (Fsp3) is 0.667. The average molecular weight is 258 g/mol. The van der Waals surface area contributed by atoms with E-state index in [1.165, 1.54) is 14.1 Å². The summed E-state index contributed by atoms with van der Waals surface area (Å²) in [6.45, 7) is 3.00. The summed E-state index contributed by atoms with van der Waals surface area (Å²) < 4.78 is 19.3. The van der Waals surface area contributed by atoms with E-state index in [0.717, 1.165) is 15.6 Å². The third-order valence-electron chi connectivity index (χ3n) is 2.86. The molecule has 0 aromatic carbocycles. The minimum atomic E-state index is -1.06. The van der Waals surface area contributed by atoms with Gasteiger partial charge in [-0.15, -0.1) is 0 Å². The molecule has 1 aromatic heterocycles. The Morgan fingerprint density at radius 1 is 1.22 bits per heavy atom. The van der Waals surface area contributed by atoms with Gasteiger partial charge in [-0.1, -0.05) is 13.8 Å². The SMILES string of the molecule is CC(C)CCc1c(OCF)n(C)c(=O)n(C)c1=O. The van der Waals surface area contributed by atoms with E-state index in [2.05, 4.69) is 0 Å². The minimum Gasteiger partial charge on any atom is -0.447 e. The van der Waals surface area contributed by atoms with Crippen molar-refractivity contribution in [1.82, 2.24) is 9.13 Å². The van der Waals surface area contributed by atoms with Crippen LogP contribution in [0.15, 0.2) is 9.59 Å². The van der Waals surface area contributed by atoms with Crippen LogP contribution in [0.3, 0.4) is 0 Å². The molecule has 0 saturated heterocycles. The van der Waals surface area contributed by atoms with Gasteiger partial charge in [-0.3, -0.25) is 13.9 Å². The van der Waals surface area contributed by atoms with E-state index in [9.17, 15) is 14.0 Å². The van der Waals surface area contributed by atoms with Crippen molar-refractivity contribution in [1.29, 1.82) is 0 Å². The molecular formula is C12H19FN2O3. The number of nitrogens with zero attached hydrogens (tertiary/aromatic N) is 2. The van der Waals surface area contributed by atoms with Crippen molar-refractivity contribution in [3.63, 3.8) is 0 Å². The highest BCUT2D eigenvalue weighted by molar-refractivity contribution is 5.24. The molecule has 0 fully saturated rings. The largest absolute Gasteiger partial charge is 0.447 e. The van der Waals surface area contributed by atoms with Crippen molar-refractivity contribution in [2.75, 3.05) is 6.86 Å². The van der Waals surface area contributed by atoms with E-state index < -0.39 is 18.1 Å². The van der Waals surface area contributed by atoms with Crippen LogP contribution in [0.25, 0.3) is 0 Å². The zero-order chi connectivity index (χ0) is 13.9. The summed E-state index contributed by atoms with van der Waals surface area (Å²) in [5.74, 6) is 0.441. The predicted molar refractivity (Wildman–Crippen MR) is 66.7 cm³/mol. The summed E-state index contributed by atoms with van der Waals surface area (Å²) in [6.07, 6.45) is 1.24. The molecule has 0 spiro atoms. The van der Waals surface area contributed by atoms with Gasteiger partial charge in [0.15, 0.2) is 0 Å². The Hall–Kier alpha value is -1.59. The molecule has 0 aliphatic heterocycles. The molecule has 6 heteroatoms. The van der Waals surface area contributed by atoms with Crippen LogP contribution in [-0.4, -0.2) is 16.0 Å². The van der Waals surface area contributed by atoms with E-state index in [1.54, 1.807) is 0 Å². The predicted octanol–water partition coefficient (Wildman–Crippen LogP) is 0.978. The van der Waals surface area contributed by atoms with E-state index in [1.807, 2.05) is 13.8 Å². The van der Waals surface area contributed by atoms with Crippen LogP contribution in [-0.2, 0) is 20.5 Å². The molecule has 0 saturated carbocycles. The van der Waals surface area contributed by atoms with E-state index in [4.69, 9.17) is 4.74 Å². The van der Waals surface area contributed by atoms with Crippen LogP contribution in [0.2, 0.25) is 0 Å². The molecule has 0 radical (unpaired) electrons. The van der Waals surface area contributed by atoms with Crippen molar-refractivity contribution in [3.8, 4) is 5.88 Å². The molecule has 1 rings (SSSR count). The lowest BCUT2D eigenvalue weighted by Gasteiger charge is -2.14. The molecule has 0 aliphatic rings. The highest BCUT2D eigenvalue weighted by Gasteiger charge is 2.17. The van der Waals surface area contributed by atoms with E-state index in [0.29, 0.717) is 17.9 Å². The van der Waals surface area contributed by atoms with Gasteiger partial charge in [0.1, 0.15) is 0 Å². The van der Waals surface area contributed by atoms with Gasteiger partial charge in [0.2, 0.25) is 12.7 Å². The molecule has 18 heavy (non-hydrogen) atoms. The van der Waals surface area contributed by atoms with Gasteiger partial charge in [-0.05, 0) is 18.8 Å². The maximum absolute atomic E-state index is 12.4. The van der Waals surface area contributed by atoms with E-state index >= 15 is 0 Å². The molecular weight excluding hydrogens is 239 g/mol. The first-order valence-electron chi connectivity index (χ1n) is 5.87. The zero-order valence-corrected chi connectivity index (χ0v) is 11.2. The summed E-state index contributed by atoms with van der Waals surface area (Å²) in [7, 11) is 2.87. The van der Waals surface area contributed by atoms with Crippen molar-refractivity contribution in [2.45, 2.75) is 26.7 Å². The Balaban J connectivity index is 3.36. The zero-order valence-electron chi connectivity index (χ0n) is 11.2. The monoisotopic (exact) mass is 258 g/mol. The molecule has 0 amide bonds. The van der Waals surface area contributed by atoms with Gasteiger partial charge in [0.05, 0.1) is 5.56 Å².